The lowest BCUT2D eigenvalue weighted by atomic mass is 10.1. The Morgan fingerprint density at radius 2 is 1.54 bits per heavy atom. The van der Waals surface area contributed by atoms with Gasteiger partial charge in [0.2, 0.25) is 0 Å². The molecule has 4 heteroatoms. The lowest BCUT2D eigenvalue weighted by Gasteiger charge is -2.26. The lowest BCUT2D eigenvalue weighted by Crippen LogP contribution is -3.00. The molecule has 0 radical (unpaired) electrons. The fourth-order valence-electron chi connectivity index (χ4n) is 1.66. The summed E-state index contributed by atoms with van der Waals surface area (Å²) in [5, 5.41) is 0. The minimum Gasteiger partial charge on any atom is -1.00 e. The molecule has 0 aromatic heterocycles. The average molecular weight is 316 g/mol. The van der Waals surface area contributed by atoms with Crippen molar-refractivity contribution in [1.82, 2.24) is 4.90 Å². The third kappa shape index (κ3) is 7.91. The van der Waals surface area contributed by atoms with Gasteiger partial charge in [-0.3, -0.25) is 0 Å². The average Bonchev–Trinajstić information content (AvgIpc) is 2.07. The third-order valence-electron chi connectivity index (χ3n) is 2.38. The largest absolute Gasteiger partial charge is 1.00 e. The molecule has 0 atom stereocenters. The van der Waals surface area contributed by atoms with Gasteiger partial charge in [-0.2, -0.15) is 0 Å². The van der Waals surface area contributed by atoms with Crippen LogP contribution in [0.5, 0.6) is 0 Å². The second-order valence-electron chi connectivity index (χ2n) is 3.40. The maximum atomic E-state index is 5.43. The Morgan fingerprint density at radius 3 is 2.08 bits per heavy atom. The Morgan fingerprint density at radius 1 is 0.923 bits per heavy atom. The molecule has 1 heterocycles. The van der Waals surface area contributed by atoms with E-state index in [1.807, 2.05) is 0 Å². The highest BCUT2D eigenvalue weighted by Crippen LogP contribution is 2.08. The SMILES string of the molecule is NCCCCN1CCCCC1.[Br-].[Br-]. The van der Waals surface area contributed by atoms with Gasteiger partial charge in [0.25, 0.3) is 0 Å². The summed E-state index contributed by atoms with van der Waals surface area (Å²) in [4.78, 5) is 2.57. The molecule has 0 unspecified atom stereocenters. The summed E-state index contributed by atoms with van der Waals surface area (Å²) in [6.45, 7) is 4.78. The van der Waals surface area contributed by atoms with E-state index in [1.165, 1.54) is 51.7 Å². The fourth-order valence-corrected chi connectivity index (χ4v) is 1.66. The van der Waals surface area contributed by atoms with Crippen LogP contribution in [-0.4, -0.2) is 31.1 Å². The van der Waals surface area contributed by atoms with Crippen molar-refractivity contribution < 1.29 is 34.0 Å². The summed E-state index contributed by atoms with van der Waals surface area (Å²) in [5.41, 5.74) is 5.43. The normalized spacial score (nSPS) is 17.3. The Kier molecular flexibility index (Phi) is 13.8. The van der Waals surface area contributed by atoms with Crippen LogP contribution in [0.15, 0.2) is 0 Å². The van der Waals surface area contributed by atoms with Crippen molar-refractivity contribution in [3.63, 3.8) is 0 Å². The van der Waals surface area contributed by atoms with Crippen LogP contribution in [0, 0.1) is 0 Å². The highest BCUT2D eigenvalue weighted by Gasteiger charge is 2.08. The highest BCUT2D eigenvalue weighted by atomic mass is 79.9. The van der Waals surface area contributed by atoms with Gasteiger partial charge in [-0.25, -0.2) is 0 Å². The van der Waals surface area contributed by atoms with E-state index in [0.29, 0.717) is 0 Å². The van der Waals surface area contributed by atoms with Crippen molar-refractivity contribution in [3.8, 4) is 0 Å². The van der Waals surface area contributed by atoms with Crippen LogP contribution in [0.25, 0.3) is 0 Å². The number of hydrogen-bond donors (Lipinski definition) is 1. The molecular weight excluding hydrogens is 296 g/mol. The molecule has 0 bridgehead atoms. The molecule has 0 aromatic carbocycles. The van der Waals surface area contributed by atoms with Gasteiger partial charge in [0, 0.05) is 0 Å². The molecule has 2 N–H and O–H groups in total. The van der Waals surface area contributed by atoms with E-state index < -0.39 is 0 Å². The first-order valence-electron chi connectivity index (χ1n) is 4.86. The molecule has 2 nitrogen and oxygen atoms in total. The van der Waals surface area contributed by atoms with Crippen molar-refractivity contribution in [2.24, 2.45) is 5.73 Å². The predicted molar refractivity (Wildman–Crippen MR) is 48.6 cm³/mol. The van der Waals surface area contributed by atoms with Crippen LogP contribution >= 0.6 is 0 Å². The number of nitrogens with zero attached hydrogens (tertiary/aromatic N) is 1. The van der Waals surface area contributed by atoms with Crippen molar-refractivity contribution in [2.75, 3.05) is 26.2 Å². The van der Waals surface area contributed by atoms with Crippen LogP contribution < -0.4 is 39.7 Å². The first kappa shape index (κ1) is 16.3. The van der Waals surface area contributed by atoms with Gasteiger partial charge in [0.15, 0.2) is 0 Å². The Labute approximate surface area is 103 Å². The van der Waals surface area contributed by atoms with Crippen LogP contribution in [-0.2, 0) is 0 Å². The number of halogens is 2. The molecular formula is C9H20Br2N2-2. The Hall–Kier alpha value is 0.880. The summed E-state index contributed by atoms with van der Waals surface area (Å²) < 4.78 is 0. The fraction of sp³-hybridized carbons (Fsp3) is 1.00. The predicted octanol–water partition coefficient (Wildman–Crippen LogP) is -4.78. The van der Waals surface area contributed by atoms with E-state index >= 15 is 0 Å². The summed E-state index contributed by atoms with van der Waals surface area (Å²) >= 11 is 0. The Bertz CT molecular complexity index is 95.6. The van der Waals surface area contributed by atoms with Gasteiger partial charge >= 0.3 is 0 Å². The molecule has 0 aromatic rings. The molecule has 0 amide bonds. The van der Waals surface area contributed by atoms with Crippen molar-refractivity contribution in [3.05, 3.63) is 0 Å². The zero-order valence-corrected chi connectivity index (χ0v) is 11.3. The van der Waals surface area contributed by atoms with Gasteiger partial charge in [0.05, 0.1) is 0 Å². The molecule has 13 heavy (non-hydrogen) atoms. The minimum absolute atomic E-state index is 0. The molecule has 1 aliphatic rings. The first-order valence-corrected chi connectivity index (χ1v) is 4.86. The summed E-state index contributed by atoms with van der Waals surface area (Å²) in [6, 6.07) is 0. The monoisotopic (exact) mass is 314 g/mol. The topological polar surface area (TPSA) is 29.3 Å². The van der Waals surface area contributed by atoms with Gasteiger partial charge in [-0.05, 0) is 51.9 Å². The number of likely N-dealkylation sites (tertiary alicyclic amines) is 1. The number of hydrogen-bond acceptors (Lipinski definition) is 2. The molecule has 82 valence electrons. The van der Waals surface area contributed by atoms with Crippen molar-refractivity contribution >= 4 is 0 Å². The van der Waals surface area contributed by atoms with Crippen LogP contribution in [0.1, 0.15) is 32.1 Å². The highest BCUT2D eigenvalue weighted by molar-refractivity contribution is 4.63. The van der Waals surface area contributed by atoms with Crippen molar-refractivity contribution in [2.45, 2.75) is 32.1 Å². The zero-order valence-electron chi connectivity index (χ0n) is 8.14. The minimum atomic E-state index is 0. The number of rotatable bonds is 4. The van der Waals surface area contributed by atoms with E-state index in [-0.39, 0.29) is 34.0 Å². The van der Waals surface area contributed by atoms with E-state index in [1.54, 1.807) is 0 Å². The van der Waals surface area contributed by atoms with Crippen LogP contribution in [0.4, 0.5) is 0 Å². The lowest BCUT2D eigenvalue weighted by molar-refractivity contribution is -0.001000. The smallest absolute Gasteiger partial charge is 0.00183 e. The van der Waals surface area contributed by atoms with E-state index in [0.717, 1.165) is 6.54 Å². The van der Waals surface area contributed by atoms with E-state index in [2.05, 4.69) is 4.90 Å². The van der Waals surface area contributed by atoms with Gasteiger partial charge in [-0.1, -0.05) is 6.42 Å². The number of unbranched alkanes of at least 4 members (excludes halogenated alkanes) is 1. The van der Waals surface area contributed by atoms with Crippen LogP contribution in [0.3, 0.4) is 0 Å². The third-order valence-corrected chi connectivity index (χ3v) is 2.38. The summed E-state index contributed by atoms with van der Waals surface area (Å²) in [7, 11) is 0. The van der Waals surface area contributed by atoms with Gasteiger partial charge < -0.3 is 44.6 Å². The van der Waals surface area contributed by atoms with E-state index in [4.69, 9.17) is 5.73 Å². The van der Waals surface area contributed by atoms with Gasteiger partial charge in [0.1, 0.15) is 0 Å². The zero-order chi connectivity index (χ0) is 7.94. The molecule has 1 fully saturated rings. The quantitative estimate of drug-likeness (QED) is 0.528. The molecule has 0 aliphatic carbocycles. The number of piperidine rings is 1. The second-order valence-corrected chi connectivity index (χ2v) is 3.40. The molecule has 0 spiro atoms. The summed E-state index contributed by atoms with van der Waals surface area (Å²) in [5.74, 6) is 0. The maximum absolute atomic E-state index is 5.43. The summed E-state index contributed by atoms with van der Waals surface area (Å²) in [6.07, 6.45) is 6.73. The molecule has 1 rings (SSSR count). The van der Waals surface area contributed by atoms with Crippen molar-refractivity contribution in [1.29, 1.82) is 0 Å². The van der Waals surface area contributed by atoms with Gasteiger partial charge in [-0.15, -0.1) is 0 Å². The maximum Gasteiger partial charge on any atom is -0.00183 e. The first-order chi connectivity index (χ1) is 5.43. The van der Waals surface area contributed by atoms with E-state index in [9.17, 15) is 0 Å². The molecule has 1 saturated heterocycles. The molecule has 1 aliphatic heterocycles. The standard InChI is InChI=1S/C9H20N2.2BrH/c10-6-2-5-9-11-7-3-1-4-8-11;;/h1-10H2;2*1H/p-2. The second kappa shape index (κ2) is 11.0. The molecule has 0 saturated carbocycles. The Balaban J connectivity index is 0. The van der Waals surface area contributed by atoms with Crippen LogP contribution in [0.2, 0.25) is 0 Å². The number of nitrogens with two attached hydrogens (primary N) is 1.